The van der Waals surface area contributed by atoms with Gasteiger partial charge in [-0.2, -0.15) is 9.98 Å². The van der Waals surface area contributed by atoms with E-state index in [-0.39, 0.29) is 10.8 Å². The average molecular weight is 280 g/mol. The Hall–Kier alpha value is -1.38. The number of hydrogen-bond donors (Lipinski definition) is 1. The van der Waals surface area contributed by atoms with Crippen LogP contribution in [-0.2, 0) is 10.0 Å². The summed E-state index contributed by atoms with van der Waals surface area (Å²) in [6.07, 6.45) is 0. The first-order valence-corrected chi connectivity index (χ1v) is 7.63. The van der Waals surface area contributed by atoms with Gasteiger partial charge in [0, 0.05) is 0 Å². The number of nitriles is 1. The van der Waals surface area contributed by atoms with Gasteiger partial charge in [-0.3, -0.25) is 0 Å². The fraction of sp³-hybridized carbons (Fsp3) is 0.500. The van der Waals surface area contributed by atoms with Crippen LogP contribution < -0.4 is 4.72 Å². The number of aryl methyl sites for hydroxylation is 2. The molecule has 0 unspecified atom stereocenters. The Morgan fingerprint density at radius 1 is 1.32 bits per heavy atom. The second-order valence-electron chi connectivity index (χ2n) is 5.34. The first-order valence-electron chi connectivity index (χ1n) is 6.15. The van der Waals surface area contributed by atoms with Crippen molar-refractivity contribution >= 4 is 10.0 Å². The summed E-state index contributed by atoms with van der Waals surface area (Å²) in [5.41, 5.74) is 0.566. The summed E-state index contributed by atoms with van der Waals surface area (Å²) >= 11 is 0. The molecule has 0 spiro atoms. The van der Waals surface area contributed by atoms with Crippen LogP contribution in [0.4, 0.5) is 0 Å². The van der Waals surface area contributed by atoms with Crippen LogP contribution in [0.15, 0.2) is 23.1 Å². The molecular weight excluding hydrogens is 260 g/mol. The van der Waals surface area contributed by atoms with Gasteiger partial charge in [0.15, 0.2) is 0 Å². The lowest BCUT2D eigenvalue weighted by Gasteiger charge is -2.27. The van der Waals surface area contributed by atoms with Gasteiger partial charge in [0.1, 0.15) is 5.54 Å². The smallest absolute Gasteiger partial charge is 0.207 e. The van der Waals surface area contributed by atoms with Crippen molar-refractivity contribution in [3.8, 4) is 6.07 Å². The first kappa shape index (κ1) is 15.7. The first-order chi connectivity index (χ1) is 8.62. The molecule has 0 fully saturated rings. The van der Waals surface area contributed by atoms with Crippen LogP contribution in [0.2, 0.25) is 0 Å². The summed E-state index contributed by atoms with van der Waals surface area (Å²) in [6, 6.07) is 7.18. The minimum atomic E-state index is -3.69. The topological polar surface area (TPSA) is 70.0 Å². The van der Waals surface area contributed by atoms with Crippen LogP contribution in [0.25, 0.3) is 0 Å². The van der Waals surface area contributed by atoms with Crippen molar-refractivity contribution < 1.29 is 8.42 Å². The third-order valence-corrected chi connectivity index (χ3v) is 5.08. The third kappa shape index (κ3) is 3.34. The van der Waals surface area contributed by atoms with E-state index < -0.39 is 15.6 Å². The highest BCUT2D eigenvalue weighted by Gasteiger charge is 2.34. The van der Waals surface area contributed by atoms with Gasteiger partial charge in [0.2, 0.25) is 10.0 Å². The molecule has 0 saturated heterocycles. The van der Waals surface area contributed by atoms with E-state index in [0.717, 1.165) is 5.56 Å². The number of sulfonamides is 1. The van der Waals surface area contributed by atoms with Crippen molar-refractivity contribution in [3.63, 3.8) is 0 Å². The van der Waals surface area contributed by atoms with Crippen molar-refractivity contribution in [2.24, 2.45) is 5.92 Å². The van der Waals surface area contributed by atoms with Crippen LogP contribution in [0.3, 0.4) is 0 Å². The van der Waals surface area contributed by atoms with Crippen LogP contribution in [0.1, 0.15) is 31.9 Å². The highest BCUT2D eigenvalue weighted by Crippen LogP contribution is 2.22. The molecule has 0 radical (unpaired) electrons. The molecule has 0 bridgehead atoms. The van der Waals surface area contributed by atoms with E-state index in [4.69, 9.17) is 0 Å². The Kier molecular flexibility index (Phi) is 4.39. The third-order valence-electron chi connectivity index (χ3n) is 3.35. The predicted octanol–water partition coefficient (Wildman–Crippen LogP) is 2.52. The van der Waals surface area contributed by atoms with E-state index in [1.807, 2.05) is 32.9 Å². The summed E-state index contributed by atoms with van der Waals surface area (Å²) in [4.78, 5) is 0.222. The van der Waals surface area contributed by atoms with Gasteiger partial charge in [-0.05, 0) is 38.3 Å². The highest BCUT2D eigenvalue weighted by molar-refractivity contribution is 7.89. The van der Waals surface area contributed by atoms with Crippen molar-refractivity contribution in [1.29, 1.82) is 5.26 Å². The molecule has 0 heterocycles. The molecule has 0 amide bonds. The molecule has 1 aromatic rings. The van der Waals surface area contributed by atoms with Crippen molar-refractivity contribution in [3.05, 3.63) is 29.3 Å². The monoisotopic (exact) mass is 280 g/mol. The molecule has 0 aromatic heterocycles. The fourth-order valence-corrected chi connectivity index (χ4v) is 3.38. The van der Waals surface area contributed by atoms with E-state index in [0.29, 0.717) is 5.56 Å². The molecule has 19 heavy (non-hydrogen) atoms. The minimum Gasteiger partial charge on any atom is -0.207 e. The van der Waals surface area contributed by atoms with Gasteiger partial charge in [-0.15, -0.1) is 0 Å². The largest absolute Gasteiger partial charge is 0.242 e. The predicted molar refractivity (Wildman–Crippen MR) is 75.1 cm³/mol. The number of rotatable bonds is 4. The number of benzene rings is 1. The molecule has 1 rings (SSSR count). The molecule has 104 valence electrons. The van der Waals surface area contributed by atoms with Gasteiger partial charge in [0.25, 0.3) is 0 Å². The quantitative estimate of drug-likeness (QED) is 0.921. The summed E-state index contributed by atoms with van der Waals surface area (Å²) < 4.78 is 27.3. The Labute approximate surface area is 115 Å². The maximum Gasteiger partial charge on any atom is 0.242 e. The SMILES string of the molecule is Cc1ccc(S(=O)(=O)N[C@@](C)(C#N)C(C)C)c(C)c1. The standard InChI is InChI=1S/C14H20N2O2S/c1-10(2)14(5,9-15)16-19(17,18)13-7-6-11(3)8-12(13)4/h6-8,10,16H,1-5H3/t14-/m0/s1. The second kappa shape index (κ2) is 5.32. The zero-order chi connectivity index (χ0) is 14.8. The van der Waals surface area contributed by atoms with E-state index in [9.17, 15) is 13.7 Å². The van der Waals surface area contributed by atoms with E-state index in [1.54, 1.807) is 26.0 Å². The zero-order valence-corrected chi connectivity index (χ0v) is 12.8. The lowest BCUT2D eigenvalue weighted by atomic mass is 9.92. The number of nitrogens with one attached hydrogen (secondary N) is 1. The molecule has 1 aromatic carbocycles. The molecule has 0 saturated carbocycles. The maximum atomic E-state index is 12.4. The molecule has 4 nitrogen and oxygen atoms in total. The summed E-state index contributed by atoms with van der Waals surface area (Å²) in [5, 5.41) is 9.20. The van der Waals surface area contributed by atoms with Crippen LogP contribution >= 0.6 is 0 Å². The number of nitrogens with zero attached hydrogens (tertiary/aromatic N) is 1. The van der Waals surface area contributed by atoms with E-state index in [2.05, 4.69) is 4.72 Å². The molecule has 0 aliphatic rings. The Balaban J connectivity index is 3.23. The molecule has 0 aliphatic heterocycles. The van der Waals surface area contributed by atoms with Gasteiger partial charge in [0.05, 0.1) is 11.0 Å². The maximum absolute atomic E-state index is 12.4. The molecule has 5 heteroatoms. The van der Waals surface area contributed by atoms with Gasteiger partial charge in [-0.1, -0.05) is 31.5 Å². The lowest BCUT2D eigenvalue weighted by Crippen LogP contribution is -2.48. The molecule has 1 N–H and O–H groups in total. The van der Waals surface area contributed by atoms with Gasteiger partial charge < -0.3 is 0 Å². The van der Waals surface area contributed by atoms with E-state index >= 15 is 0 Å². The Morgan fingerprint density at radius 3 is 2.32 bits per heavy atom. The van der Waals surface area contributed by atoms with Gasteiger partial charge in [-0.25, -0.2) is 8.42 Å². The normalized spacial score (nSPS) is 15.0. The summed E-state index contributed by atoms with van der Waals surface area (Å²) in [7, 11) is -3.69. The molecule has 1 atom stereocenters. The van der Waals surface area contributed by atoms with Crippen molar-refractivity contribution in [1.82, 2.24) is 4.72 Å². The van der Waals surface area contributed by atoms with Crippen molar-refractivity contribution in [2.75, 3.05) is 0 Å². The zero-order valence-electron chi connectivity index (χ0n) is 12.0. The number of hydrogen-bond acceptors (Lipinski definition) is 3. The Morgan fingerprint density at radius 2 is 1.89 bits per heavy atom. The van der Waals surface area contributed by atoms with Crippen LogP contribution in [-0.4, -0.2) is 14.0 Å². The van der Waals surface area contributed by atoms with Gasteiger partial charge >= 0.3 is 0 Å². The molecule has 0 aliphatic carbocycles. The fourth-order valence-electron chi connectivity index (χ4n) is 1.70. The second-order valence-corrected chi connectivity index (χ2v) is 6.99. The highest BCUT2D eigenvalue weighted by atomic mass is 32.2. The molecular formula is C14H20N2O2S. The Bertz CT molecular complexity index is 615. The van der Waals surface area contributed by atoms with E-state index in [1.165, 1.54) is 0 Å². The average Bonchev–Trinajstić information content (AvgIpc) is 2.27. The summed E-state index contributed by atoms with van der Waals surface area (Å²) in [5.74, 6) is -0.127. The minimum absolute atomic E-state index is 0.127. The lowest BCUT2D eigenvalue weighted by molar-refractivity contribution is 0.388. The summed E-state index contributed by atoms with van der Waals surface area (Å²) in [6.45, 7) is 8.88. The van der Waals surface area contributed by atoms with Crippen LogP contribution in [0, 0.1) is 31.1 Å². The van der Waals surface area contributed by atoms with Crippen molar-refractivity contribution in [2.45, 2.75) is 45.1 Å². The van der Waals surface area contributed by atoms with Crippen LogP contribution in [0.5, 0.6) is 0 Å².